The fourth-order valence-corrected chi connectivity index (χ4v) is 5.09. The van der Waals surface area contributed by atoms with Gasteiger partial charge in [-0.2, -0.15) is 0 Å². The van der Waals surface area contributed by atoms with Gasteiger partial charge in [-0.15, -0.1) is 0 Å². The van der Waals surface area contributed by atoms with Crippen molar-refractivity contribution >= 4 is 38.9 Å². The molecule has 0 saturated carbocycles. The summed E-state index contributed by atoms with van der Waals surface area (Å²) in [5.41, 5.74) is 1.27. The molecule has 1 heterocycles. The van der Waals surface area contributed by atoms with Crippen molar-refractivity contribution in [1.82, 2.24) is 4.90 Å². The third-order valence-electron chi connectivity index (χ3n) is 5.16. The molecule has 162 valence electrons. The molecule has 3 rings (SSSR count). The molecule has 1 saturated heterocycles. The quantitative estimate of drug-likeness (QED) is 0.672. The molecular weight excluding hydrogens is 429 g/mol. The number of carbonyl (C=O) groups is 1. The van der Waals surface area contributed by atoms with Crippen LogP contribution in [-0.4, -0.2) is 57.7 Å². The predicted molar refractivity (Wildman–Crippen MR) is 118 cm³/mol. The molecule has 0 bridgehead atoms. The minimum atomic E-state index is -3.75. The number of nitrogens with zero attached hydrogens (tertiary/aromatic N) is 3. The Morgan fingerprint density at radius 3 is 2.30 bits per heavy atom. The van der Waals surface area contributed by atoms with Crippen LogP contribution in [0, 0.1) is 5.82 Å². The van der Waals surface area contributed by atoms with Crippen LogP contribution in [0.2, 0.25) is 5.02 Å². The minimum absolute atomic E-state index is 0.252. The van der Waals surface area contributed by atoms with Gasteiger partial charge in [-0.3, -0.25) is 9.10 Å². The molecule has 1 aliphatic rings. The maximum absolute atomic E-state index is 13.3. The number of rotatable bonds is 6. The zero-order valence-corrected chi connectivity index (χ0v) is 18.5. The Hall–Kier alpha value is -2.32. The third-order valence-corrected chi connectivity index (χ3v) is 6.57. The van der Waals surface area contributed by atoms with Gasteiger partial charge in [0.1, 0.15) is 11.9 Å². The summed E-state index contributed by atoms with van der Waals surface area (Å²) in [7, 11) is -3.75. The molecule has 30 heavy (non-hydrogen) atoms. The molecule has 6 nitrogen and oxygen atoms in total. The lowest BCUT2D eigenvalue weighted by Gasteiger charge is -2.39. The number of halogens is 2. The molecule has 0 radical (unpaired) electrons. The molecule has 0 spiro atoms. The molecule has 1 fully saturated rings. The van der Waals surface area contributed by atoms with Gasteiger partial charge < -0.3 is 9.80 Å². The summed E-state index contributed by atoms with van der Waals surface area (Å²) >= 11 is 6.07. The van der Waals surface area contributed by atoms with Gasteiger partial charge in [0.05, 0.1) is 11.9 Å². The van der Waals surface area contributed by atoms with Gasteiger partial charge in [0.25, 0.3) is 0 Å². The number of carbonyl (C=O) groups excluding carboxylic acids is 1. The van der Waals surface area contributed by atoms with E-state index in [0.717, 1.165) is 16.2 Å². The summed E-state index contributed by atoms with van der Waals surface area (Å²) in [6.07, 6.45) is 1.36. The highest BCUT2D eigenvalue weighted by atomic mass is 35.5. The molecule has 1 atom stereocenters. The maximum Gasteiger partial charge on any atom is 0.246 e. The molecule has 2 aromatic rings. The summed E-state index contributed by atoms with van der Waals surface area (Å²) in [5.74, 6) is -0.721. The van der Waals surface area contributed by atoms with Gasteiger partial charge in [0.2, 0.25) is 15.9 Å². The Morgan fingerprint density at radius 1 is 1.13 bits per heavy atom. The smallest absolute Gasteiger partial charge is 0.246 e. The Labute approximate surface area is 181 Å². The second-order valence-corrected chi connectivity index (χ2v) is 9.55. The number of anilines is 2. The normalized spacial score (nSPS) is 15.7. The molecule has 9 heteroatoms. The van der Waals surface area contributed by atoms with E-state index in [9.17, 15) is 17.6 Å². The lowest BCUT2D eigenvalue weighted by atomic mass is 10.1. The Morgan fingerprint density at radius 2 is 1.77 bits per heavy atom. The van der Waals surface area contributed by atoms with Crippen LogP contribution < -0.4 is 9.21 Å². The van der Waals surface area contributed by atoms with E-state index in [2.05, 4.69) is 4.90 Å². The first-order chi connectivity index (χ1) is 14.2. The Balaban J connectivity index is 1.77. The van der Waals surface area contributed by atoms with Gasteiger partial charge in [0.15, 0.2) is 0 Å². The molecule has 0 aliphatic carbocycles. The second-order valence-electron chi connectivity index (χ2n) is 7.25. The van der Waals surface area contributed by atoms with Crippen LogP contribution >= 0.6 is 11.6 Å². The first-order valence-corrected chi connectivity index (χ1v) is 12.0. The molecule has 0 aromatic heterocycles. The van der Waals surface area contributed by atoms with E-state index in [1.54, 1.807) is 11.8 Å². The van der Waals surface area contributed by atoms with E-state index in [0.29, 0.717) is 37.6 Å². The largest absolute Gasteiger partial charge is 0.368 e. The standard InChI is InChI=1S/C21H25ClFN3O3S/c1-3-20(26(30(2,28)29)18-9-7-17(23)8-10-18)21(27)25-13-11-24(12-14-25)19-6-4-5-16(22)15-19/h4-10,15,20H,3,11-14H2,1-2H3/t20-/m0/s1. The SMILES string of the molecule is CC[C@@H](C(=O)N1CCN(c2cccc(Cl)c2)CC1)N(c1ccc(F)cc1)S(C)(=O)=O. The topological polar surface area (TPSA) is 60.9 Å². The number of benzene rings is 2. The number of sulfonamides is 1. The highest BCUT2D eigenvalue weighted by Crippen LogP contribution is 2.25. The van der Waals surface area contributed by atoms with Crippen molar-refractivity contribution < 1.29 is 17.6 Å². The van der Waals surface area contributed by atoms with Crippen LogP contribution in [0.15, 0.2) is 48.5 Å². The van der Waals surface area contributed by atoms with E-state index in [1.165, 1.54) is 24.3 Å². The van der Waals surface area contributed by atoms with Gasteiger partial charge in [0, 0.05) is 36.9 Å². The monoisotopic (exact) mass is 453 g/mol. The number of amides is 1. The summed E-state index contributed by atoms with van der Waals surface area (Å²) in [6, 6.07) is 11.8. The molecule has 0 unspecified atom stereocenters. The van der Waals surface area contributed by atoms with Crippen LogP contribution in [0.3, 0.4) is 0 Å². The van der Waals surface area contributed by atoms with E-state index in [4.69, 9.17) is 11.6 Å². The minimum Gasteiger partial charge on any atom is -0.368 e. The van der Waals surface area contributed by atoms with Crippen molar-refractivity contribution in [2.45, 2.75) is 19.4 Å². The summed E-state index contributed by atoms with van der Waals surface area (Å²) in [5, 5.41) is 0.653. The van der Waals surface area contributed by atoms with Crippen LogP contribution in [-0.2, 0) is 14.8 Å². The van der Waals surface area contributed by atoms with Gasteiger partial charge in [-0.05, 0) is 48.9 Å². The lowest BCUT2D eigenvalue weighted by molar-refractivity contribution is -0.132. The van der Waals surface area contributed by atoms with Crippen LogP contribution in [0.1, 0.15) is 13.3 Å². The van der Waals surface area contributed by atoms with E-state index < -0.39 is 21.9 Å². The maximum atomic E-state index is 13.3. The molecule has 2 aromatic carbocycles. The fraction of sp³-hybridized carbons (Fsp3) is 0.381. The molecule has 1 aliphatic heterocycles. The molecule has 1 amide bonds. The number of piperazine rings is 1. The summed E-state index contributed by atoms with van der Waals surface area (Å²) < 4.78 is 39.4. The predicted octanol–water partition coefficient (Wildman–Crippen LogP) is 3.37. The van der Waals surface area contributed by atoms with Crippen LogP contribution in [0.5, 0.6) is 0 Å². The highest BCUT2D eigenvalue weighted by Gasteiger charge is 2.35. The van der Waals surface area contributed by atoms with Gasteiger partial charge in [-0.1, -0.05) is 24.6 Å². The van der Waals surface area contributed by atoms with Gasteiger partial charge >= 0.3 is 0 Å². The van der Waals surface area contributed by atoms with Gasteiger partial charge in [-0.25, -0.2) is 12.8 Å². The number of hydrogen-bond donors (Lipinski definition) is 0. The third kappa shape index (κ3) is 5.05. The van der Waals surface area contributed by atoms with Crippen LogP contribution in [0.4, 0.5) is 15.8 Å². The first kappa shape index (κ1) is 22.4. The fourth-order valence-electron chi connectivity index (χ4n) is 3.70. The average Bonchev–Trinajstić information content (AvgIpc) is 2.71. The lowest BCUT2D eigenvalue weighted by Crippen LogP contribution is -2.56. The van der Waals surface area contributed by atoms with Crippen molar-refractivity contribution in [3.05, 3.63) is 59.4 Å². The summed E-state index contributed by atoms with van der Waals surface area (Å²) in [4.78, 5) is 17.1. The first-order valence-electron chi connectivity index (χ1n) is 9.75. The average molecular weight is 454 g/mol. The zero-order chi connectivity index (χ0) is 21.9. The van der Waals surface area contributed by atoms with Crippen molar-refractivity contribution in [1.29, 1.82) is 0 Å². The Bertz CT molecular complexity index is 993. The van der Waals surface area contributed by atoms with Crippen molar-refractivity contribution in [2.24, 2.45) is 0 Å². The van der Waals surface area contributed by atoms with E-state index >= 15 is 0 Å². The molecule has 0 N–H and O–H groups in total. The van der Waals surface area contributed by atoms with Crippen LogP contribution in [0.25, 0.3) is 0 Å². The van der Waals surface area contributed by atoms with Crippen molar-refractivity contribution in [3.8, 4) is 0 Å². The highest BCUT2D eigenvalue weighted by molar-refractivity contribution is 7.92. The van der Waals surface area contributed by atoms with Crippen molar-refractivity contribution in [2.75, 3.05) is 41.6 Å². The van der Waals surface area contributed by atoms with E-state index in [-0.39, 0.29) is 11.6 Å². The Kier molecular flexibility index (Phi) is 6.88. The molecular formula is C21H25ClFN3O3S. The van der Waals surface area contributed by atoms with E-state index in [1.807, 2.05) is 24.3 Å². The second kappa shape index (κ2) is 9.22. The van der Waals surface area contributed by atoms with Crippen molar-refractivity contribution in [3.63, 3.8) is 0 Å². The summed E-state index contributed by atoms with van der Waals surface area (Å²) in [6.45, 7) is 3.97. The zero-order valence-electron chi connectivity index (χ0n) is 17.0. The number of hydrogen-bond acceptors (Lipinski definition) is 4.